The minimum Gasteiger partial charge on any atom is -0.493 e. The van der Waals surface area contributed by atoms with E-state index in [2.05, 4.69) is 32.1 Å². The van der Waals surface area contributed by atoms with Gasteiger partial charge in [0.2, 0.25) is 11.8 Å². The van der Waals surface area contributed by atoms with E-state index in [1.54, 1.807) is 12.3 Å². The van der Waals surface area contributed by atoms with Gasteiger partial charge in [-0.05, 0) is 48.6 Å². The molecule has 3 N–H and O–H groups in total. The molecule has 0 saturated heterocycles. The molecule has 0 spiro atoms. The van der Waals surface area contributed by atoms with Crippen LogP contribution in [-0.4, -0.2) is 32.4 Å². The smallest absolute Gasteiger partial charge is 0.231 e. The van der Waals surface area contributed by atoms with Crippen molar-refractivity contribution in [2.45, 2.75) is 30.6 Å². The number of primary amides is 1. The molecule has 6 rings (SSSR count). The lowest BCUT2D eigenvalue weighted by atomic mass is 9.96. The SMILES string of the molecule is NC(=O)C1(c2nccc(Oc3ccc4c(c3)CC(c3ncc(-c5ccccc5)[nH]3)CO4)n2)CC1. The van der Waals surface area contributed by atoms with E-state index in [9.17, 15) is 4.79 Å². The lowest BCUT2D eigenvalue weighted by molar-refractivity contribution is -0.120. The quantitative estimate of drug-likeness (QED) is 0.457. The number of imidazole rings is 1. The molecule has 1 aliphatic heterocycles. The number of carbonyl (C=O) groups is 1. The van der Waals surface area contributed by atoms with E-state index in [-0.39, 0.29) is 5.92 Å². The van der Waals surface area contributed by atoms with Gasteiger partial charge in [0.15, 0.2) is 0 Å². The number of hydrogen-bond donors (Lipinski definition) is 2. The molecule has 0 bridgehead atoms. The Hall–Kier alpha value is -4.20. The number of nitrogens with two attached hydrogens (primary N) is 1. The van der Waals surface area contributed by atoms with Crippen molar-refractivity contribution in [3.05, 3.63) is 84.2 Å². The Morgan fingerprint density at radius 1 is 1.12 bits per heavy atom. The van der Waals surface area contributed by atoms with Gasteiger partial charge in [0.1, 0.15) is 28.6 Å². The number of amides is 1. The van der Waals surface area contributed by atoms with Gasteiger partial charge in [0, 0.05) is 12.3 Å². The molecule has 1 fully saturated rings. The van der Waals surface area contributed by atoms with Crippen molar-refractivity contribution in [3.8, 4) is 28.6 Å². The largest absolute Gasteiger partial charge is 0.493 e. The van der Waals surface area contributed by atoms with Crippen LogP contribution in [0, 0.1) is 0 Å². The molecule has 2 aromatic carbocycles. The summed E-state index contributed by atoms with van der Waals surface area (Å²) in [5.74, 6) is 2.90. The van der Waals surface area contributed by atoms with Crippen molar-refractivity contribution >= 4 is 5.91 Å². The highest BCUT2D eigenvalue weighted by atomic mass is 16.5. The highest BCUT2D eigenvalue weighted by Crippen LogP contribution is 2.46. The molecular formula is C26H23N5O3. The third kappa shape index (κ3) is 3.67. The van der Waals surface area contributed by atoms with E-state index in [1.807, 2.05) is 42.6 Å². The first-order valence-electron chi connectivity index (χ1n) is 11.3. The van der Waals surface area contributed by atoms with Crippen molar-refractivity contribution in [3.63, 3.8) is 0 Å². The molecule has 8 nitrogen and oxygen atoms in total. The van der Waals surface area contributed by atoms with E-state index in [4.69, 9.17) is 15.2 Å². The average Bonchev–Trinajstić information content (AvgIpc) is 3.55. The van der Waals surface area contributed by atoms with Crippen molar-refractivity contribution in [1.29, 1.82) is 0 Å². The monoisotopic (exact) mass is 453 g/mol. The second kappa shape index (κ2) is 7.98. The maximum atomic E-state index is 11.8. The van der Waals surface area contributed by atoms with Crippen molar-refractivity contribution in [2.24, 2.45) is 5.73 Å². The second-order valence-electron chi connectivity index (χ2n) is 8.80. The van der Waals surface area contributed by atoms with E-state index < -0.39 is 11.3 Å². The average molecular weight is 454 g/mol. The predicted octanol–water partition coefficient (Wildman–Crippen LogP) is 3.89. The fourth-order valence-electron chi connectivity index (χ4n) is 4.37. The number of hydrogen-bond acceptors (Lipinski definition) is 6. The normalized spacial score (nSPS) is 17.9. The van der Waals surface area contributed by atoms with Gasteiger partial charge in [0.05, 0.1) is 24.4 Å². The third-order valence-corrected chi connectivity index (χ3v) is 6.51. The maximum absolute atomic E-state index is 11.8. The molecule has 170 valence electrons. The summed E-state index contributed by atoms with van der Waals surface area (Å²) in [6, 6.07) is 17.5. The Morgan fingerprint density at radius 3 is 2.76 bits per heavy atom. The Labute approximate surface area is 196 Å². The topological polar surface area (TPSA) is 116 Å². The summed E-state index contributed by atoms with van der Waals surface area (Å²) >= 11 is 0. The van der Waals surface area contributed by atoms with Crippen LogP contribution in [-0.2, 0) is 16.6 Å². The van der Waals surface area contributed by atoms with Crippen LogP contribution in [0.2, 0.25) is 0 Å². The molecule has 1 atom stereocenters. The number of ether oxygens (including phenoxy) is 2. The van der Waals surface area contributed by atoms with Crippen LogP contribution in [0.1, 0.15) is 36.0 Å². The molecule has 3 heterocycles. The van der Waals surface area contributed by atoms with Crippen LogP contribution < -0.4 is 15.2 Å². The minimum absolute atomic E-state index is 0.108. The van der Waals surface area contributed by atoms with Crippen LogP contribution in [0.4, 0.5) is 0 Å². The molecule has 8 heteroatoms. The number of nitrogens with zero attached hydrogens (tertiary/aromatic N) is 3. The third-order valence-electron chi connectivity index (χ3n) is 6.51. The Balaban J connectivity index is 1.20. The lowest BCUT2D eigenvalue weighted by Crippen LogP contribution is -2.30. The molecular weight excluding hydrogens is 430 g/mol. The second-order valence-corrected chi connectivity index (χ2v) is 8.80. The number of aromatic amines is 1. The van der Waals surface area contributed by atoms with E-state index >= 15 is 0 Å². The van der Waals surface area contributed by atoms with Crippen LogP contribution in [0.3, 0.4) is 0 Å². The number of fused-ring (bicyclic) bond motifs is 1. The van der Waals surface area contributed by atoms with E-state index in [1.165, 1.54) is 0 Å². The highest BCUT2D eigenvalue weighted by molar-refractivity contribution is 5.88. The zero-order chi connectivity index (χ0) is 23.1. The van der Waals surface area contributed by atoms with Gasteiger partial charge in [-0.1, -0.05) is 30.3 Å². The van der Waals surface area contributed by atoms with Crippen molar-refractivity contribution < 1.29 is 14.3 Å². The fourth-order valence-corrected chi connectivity index (χ4v) is 4.37. The van der Waals surface area contributed by atoms with Crippen LogP contribution >= 0.6 is 0 Å². The highest BCUT2D eigenvalue weighted by Gasteiger charge is 2.53. The predicted molar refractivity (Wildman–Crippen MR) is 125 cm³/mol. The van der Waals surface area contributed by atoms with Gasteiger partial charge >= 0.3 is 0 Å². The summed E-state index contributed by atoms with van der Waals surface area (Å²) in [6.45, 7) is 0.555. The molecule has 1 aliphatic carbocycles. The summed E-state index contributed by atoms with van der Waals surface area (Å²) in [5, 5.41) is 0. The van der Waals surface area contributed by atoms with Crippen LogP contribution in [0.5, 0.6) is 17.4 Å². The number of H-pyrrole nitrogens is 1. The molecule has 2 aromatic heterocycles. The number of rotatable bonds is 6. The Kier molecular flexibility index (Phi) is 4.79. The van der Waals surface area contributed by atoms with Gasteiger partial charge in [-0.3, -0.25) is 4.79 Å². The summed E-state index contributed by atoms with van der Waals surface area (Å²) in [5.41, 5.74) is 7.93. The van der Waals surface area contributed by atoms with Gasteiger partial charge < -0.3 is 20.2 Å². The number of carbonyl (C=O) groups excluding carboxylic acids is 1. The molecule has 2 aliphatic rings. The summed E-state index contributed by atoms with van der Waals surface area (Å²) in [7, 11) is 0. The summed E-state index contributed by atoms with van der Waals surface area (Å²) in [6.07, 6.45) is 5.57. The van der Waals surface area contributed by atoms with Gasteiger partial charge in [0.25, 0.3) is 0 Å². The van der Waals surface area contributed by atoms with Gasteiger partial charge in [-0.2, -0.15) is 4.98 Å². The first-order chi connectivity index (χ1) is 16.6. The Morgan fingerprint density at radius 2 is 1.97 bits per heavy atom. The molecule has 34 heavy (non-hydrogen) atoms. The zero-order valence-electron chi connectivity index (χ0n) is 18.4. The maximum Gasteiger partial charge on any atom is 0.231 e. The van der Waals surface area contributed by atoms with E-state index in [0.717, 1.165) is 34.8 Å². The number of nitrogens with one attached hydrogen (secondary N) is 1. The summed E-state index contributed by atoms with van der Waals surface area (Å²) < 4.78 is 12.0. The fraction of sp³-hybridized carbons (Fsp3) is 0.231. The number of benzene rings is 2. The van der Waals surface area contributed by atoms with E-state index in [0.29, 0.717) is 36.9 Å². The lowest BCUT2D eigenvalue weighted by Gasteiger charge is -2.24. The van der Waals surface area contributed by atoms with Crippen LogP contribution in [0.25, 0.3) is 11.3 Å². The van der Waals surface area contributed by atoms with Gasteiger partial charge in [-0.25, -0.2) is 9.97 Å². The Bertz CT molecular complexity index is 1360. The summed E-state index contributed by atoms with van der Waals surface area (Å²) in [4.78, 5) is 28.6. The zero-order valence-corrected chi connectivity index (χ0v) is 18.4. The van der Waals surface area contributed by atoms with Gasteiger partial charge in [-0.15, -0.1) is 0 Å². The molecule has 0 radical (unpaired) electrons. The molecule has 1 amide bonds. The molecule has 1 saturated carbocycles. The number of aromatic nitrogens is 4. The molecule has 1 unspecified atom stereocenters. The first-order valence-corrected chi connectivity index (χ1v) is 11.3. The standard InChI is InChI=1S/C26H23N5O3/c27-24(32)26(9-10-26)25-28-11-8-22(31-25)34-19-6-7-21-17(13-19)12-18(15-33-21)23-29-14-20(30-23)16-4-2-1-3-5-16/h1-8,11,13-14,18H,9-10,12,15H2,(H2,27,32)(H,29,30). The minimum atomic E-state index is -0.752. The van der Waals surface area contributed by atoms with Crippen LogP contribution in [0.15, 0.2) is 67.0 Å². The first kappa shape index (κ1) is 20.4. The van der Waals surface area contributed by atoms with Crippen molar-refractivity contribution in [1.82, 2.24) is 19.9 Å². The molecule has 4 aromatic rings. The van der Waals surface area contributed by atoms with Crippen molar-refractivity contribution in [2.75, 3.05) is 6.61 Å².